The highest BCUT2D eigenvalue weighted by Gasteiger charge is 2.23. The van der Waals surface area contributed by atoms with Crippen molar-refractivity contribution in [3.8, 4) is 5.75 Å². The first-order chi connectivity index (χ1) is 9.81. The summed E-state index contributed by atoms with van der Waals surface area (Å²) in [6, 6.07) is 5.39. The Labute approximate surface area is 127 Å². The van der Waals surface area contributed by atoms with Crippen LogP contribution >= 0.6 is 0 Å². The Morgan fingerprint density at radius 2 is 1.95 bits per heavy atom. The highest BCUT2D eigenvalue weighted by atomic mass is 16.5. The van der Waals surface area contributed by atoms with Gasteiger partial charge in [-0.1, -0.05) is 33.8 Å². The molecule has 0 radical (unpaired) electrons. The summed E-state index contributed by atoms with van der Waals surface area (Å²) in [5, 5.41) is 19.5. The van der Waals surface area contributed by atoms with Gasteiger partial charge < -0.3 is 20.7 Å². The molecule has 0 aliphatic carbocycles. The molecule has 0 fully saturated rings. The number of benzene rings is 1. The van der Waals surface area contributed by atoms with Crippen molar-refractivity contribution < 1.29 is 14.9 Å². The molecule has 4 N–H and O–H groups in total. The van der Waals surface area contributed by atoms with Crippen LogP contribution in [0.25, 0.3) is 0 Å². The molecule has 0 spiro atoms. The predicted molar refractivity (Wildman–Crippen MR) is 85.6 cm³/mol. The van der Waals surface area contributed by atoms with E-state index in [1.165, 1.54) is 0 Å². The molecule has 0 aromatic heterocycles. The highest BCUT2D eigenvalue weighted by molar-refractivity contribution is 5.41. The van der Waals surface area contributed by atoms with Crippen LogP contribution in [0.4, 0.5) is 0 Å². The average molecular weight is 295 g/mol. The number of hydrogen-bond donors (Lipinski definition) is 3. The Balaban J connectivity index is 3.15. The Hall–Kier alpha value is -1.10. The molecule has 1 aromatic rings. The van der Waals surface area contributed by atoms with E-state index in [2.05, 4.69) is 20.8 Å². The van der Waals surface area contributed by atoms with Crippen LogP contribution in [-0.4, -0.2) is 29.5 Å². The molecule has 0 saturated heterocycles. The fraction of sp³-hybridized carbons (Fsp3) is 0.647. The quantitative estimate of drug-likeness (QED) is 0.722. The minimum absolute atomic E-state index is 0.0150. The third kappa shape index (κ3) is 4.99. The van der Waals surface area contributed by atoms with Gasteiger partial charge in [-0.3, -0.25) is 0 Å². The second-order valence-corrected chi connectivity index (χ2v) is 6.47. The Morgan fingerprint density at radius 3 is 2.48 bits per heavy atom. The van der Waals surface area contributed by atoms with Crippen molar-refractivity contribution in [2.45, 2.75) is 58.1 Å². The summed E-state index contributed by atoms with van der Waals surface area (Å²) in [5.74, 6) is 0.672. The van der Waals surface area contributed by atoms with E-state index in [4.69, 9.17) is 15.6 Å². The predicted octanol–water partition coefficient (Wildman–Crippen LogP) is 2.52. The number of ether oxygens (including phenoxy) is 1. The van der Waals surface area contributed by atoms with E-state index in [1.807, 2.05) is 25.1 Å². The third-order valence-electron chi connectivity index (χ3n) is 3.52. The Kier molecular flexibility index (Phi) is 6.65. The molecule has 0 aliphatic rings. The fourth-order valence-corrected chi connectivity index (χ4v) is 2.13. The molecule has 1 aromatic carbocycles. The minimum atomic E-state index is -0.841. The molecule has 0 bridgehead atoms. The van der Waals surface area contributed by atoms with Crippen LogP contribution in [0.1, 0.15) is 57.8 Å². The average Bonchev–Trinajstić information content (AvgIpc) is 2.43. The van der Waals surface area contributed by atoms with E-state index in [1.54, 1.807) is 0 Å². The van der Waals surface area contributed by atoms with Gasteiger partial charge in [-0.2, -0.15) is 0 Å². The first kappa shape index (κ1) is 18.0. The van der Waals surface area contributed by atoms with Crippen molar-refractivity contribution in [1.82, 2.24) is 0 Å². The first-order valence-electron chi connectivity index (χ1n) is 7.63. The largest absolute Gasteiger partial charge is 0.493 e. The number of rotatable bonds is 7. The molecule has 2 atom stereocenters. The summed E-state index contributed by atoms with van der Waals surface area (Å²) in [6.45, 7) is 8.97. The molecule has 4 heteroatoms. The topological polar surface area (TPSA) is 75.7 Å². The van der Waals surface area contributed by atoms with Crippen LogP contribution < -0.4 is 10.5 Å². The molecule has 1 rings (SSSR count). The van der Waals surface area contributed by atoms with Crippen LogP contribution in [0, 0.1) is 0 Å². The number of aliphatic hydroxyl groups is 2. The van der Waals surface area contributed by atoms with Crippen LogP contribution in [0.15, 0.2) is 18.2 Å². The van der Waals surface area contributed by atoms with E-state index in [0.29, 0.717) is 24.3 Å². The lowest BCUT2D eigenvalue weighted by atomic mass is 9.84. The van der Waals surface area contributed by atoms with E-state index in [9.17, 15) is 5.11 Å². The summed E-state index contributed by atoms with van der Waals surface area (Å²) < 4.78 is 5.73. The Morgan fingerprint density at radius 1 is 1.29 bits per heavy atom. The van der Waals surface area contributed by atoms with E-state index in [0.717, 1.165) is 12.0 Å². The van der Waals surface area contributed by atoms with Crippen molar-refractivity contribution in [2.75, 3.05) is 13.2 Å². The highest BCUT2D eigenvalue weighted by Crippen LogP contribution is 2.33. The molecule has 0 saturated carbocycles. The molecular formula is C17H29NO3. The van der Waals surface area contributed by atoms with Gasteiger partial charge in [0.15, 0.2) is 0 Å². The van der Waals surface area contributed by atoms with Crippen molar-refractivity contribution in [3.05, 3.63) is 29.3 Å². The summed E-state index contributed by atoms with van der Waals surface area (Å²) >= 11 is 0. The molecule has 21 heavy (non-hydrogen) atoms. The van der Waals surface area contributed by atoms with E-state index < -0.39 is 12.1 Å². The molecule has 0 heterocycles. The monoisotopic (exact) mass is 295 g/mol. The summed E-state index contributed by atoms with van der Waals surface area (Å²) in [7, 11) is 0. The molecular weight excluding hydrogens is 266 g/mol. The zero-order valence-corrected chi connectivity index (χ0v) is 13.6. The van der Waals surface area contributed by atoms with E-state index >= 15 is 0 Å². The van der Waals surface area contributed by atoms with Crippen LogP contribution in [0.5, 0.6) is 5.75 Å². The zero-order valence-electron chi connectivity index (χ0n) is 13.6. The van der Waals surface area contributed by atoms with Crippen molar-refractivity contribution in [3.63, 3.8) is 0 Å². The number of aliphatic hydroxyl groups excluding tert-OH is 2. The van der Waals surface area contributed by atoms with Gasteiger partial charge in [0.25, 0.3) is 0 Å². The smallest absolute Gasteiger partial charge is 0.125 e. The lowest BCUT2D eigenvalue weighted by Crippen LogP contribution is -2.30. The summed E-state index contributed by atoms with van der Waals surface area (Å²) in [5.41, 5.74) is 7.76. The van der Waals surface area contributed by atoms with Gasteiger partial charge in [0.05, 0.1) is 12.7 Å². The van der Waals surface area contributed by atoms with Gasteiger partial charge in [0, 0.05) is 18.2 Å². The Bertz CT molecular complexity index is 440. The van der Waals surface area contributed by atoms with Gasteiger partial charge in [-0.25, -0.2) is 0 Å². The molecule has 0 amide bonds. The number of hydrogen-bond acceptors (Lipinski definition) is 4. The van der Waals surface area contributed by atoms with Crippen LogP contribution in [-0.2, 0) is 5.41 Å². The molecule has 0 aliphatic heterocycles. The zero-order chi connectivity index (χ0) is 16.0. The lowest BCUT2D eigenvalue weighted by molar-refractivity contribution is 0.125. The maximum absolute atomic E-state index is 10.5. The van der Waals surface area contributed by atoms with Crippen molar-refractivity contribution in [2.24, 2.45) is 5.73 Å². The molecule has 4 nitrogen and oxygen atoms in total. The molecule has 2 unspecified atom stereocenters. The van der Waals surface area contributed by atoms with Crippen molar-refractivity contribution >= 4 is 0 Å². The maximum atomic E-state index is 10.5. The molecule has 120 valence electrons. The van der Waals surface area contributed by atoms with Gasteiger partial charge in [-0.05, 0) is 36.0 Å². The first-order valence-corrected chi connectivity index (χ1v) is 7.63. The lowest BCUT2D eigenvalue weighted by Gasteiger charge is -2.25. The number of nitrogens with two attached hydrogens (primary N) is 1. The van der Waals surface area contributed by atoms with E-state index in [-0.39, 0.29) is 12.0 Å². The van der Waals surface area contributed by atoms with Crippen molar-refractivity contribution in [1.29, 1.82) is 0 Å². The van der Waals surface area contributed by atoms with Crippen LogP contribution in [0.2, 0.25) is 0 Å². The third-order valence-corrected chi connectivity index (χ3v) is 3.52. The minimum Gasteiger partial charge on any atom is -0.493 e. The normalized spacial score (nSPS) is 14.8. The van der Waals surface area contributed by atoms with Crippen LogP contribution in [0.3, 0.4) is 0 Å². The van der Waals surface area contributed by atoms with Gasteiger partial charge in [0.2, 0.25) is 0 Å². The van der Waals surface area contributed by atoms with Gasteiger partial charge >= 0.3 is 0 Å². The second kappa shape index (κ2) is 7.78. The summed E-state index contributed by atoms with van der Waals surface area (Å²) in [4.78, 5) is 0. The second-order valence-electron chi connectivity index (χ2n) is 6.47. The summed E-state index contributed by atoms with van der Waals surface area (Å²) in [6.07, 6.45) is 0.416. The SMILES string of the molecule is CCCOc1ccc(C(C)(C)C)cc1C(O)C(N)CCO. The van der Waals surface area contributed by atoms with Gasteiger partial charge in [-0.15, -0.1) is 0 Å². The van der Waals surface area contributed by atoms with Gasteiger partial charge in [0.1, 0.15) is 5.75 Å². The standard InChI is InChI=1S/C17H29NO3/c1-5-10-21-15-7-6-12(17(2,3)4)11-13(15)16(20)14(18)8-9-19/h6-7,11,14,16,19-20H,5,8-10,18H2,1-4H3. The fourth-order valence-electron chi connectivity index (χ4n) is 2.13. The maximum Gasteiger partial charge on any atom is 0.125 e.